The van der Waals surface area contributed by atoms with E-state index in [0.29, 0.717) is 33.7 Å². The third kappa shape index (κ3) is 4.60. The minimum atomic E-state index is -2.31. The van der Waals surface area contributed by atoms with E-state index in [4.69, 9.17) is 24.9 Å². The Balaban J connectivity index is 1.41. The van der Waals surface area contributed by atoms with Gasteiger partial charge in [0, 0.05) is 16.6 Å². The van der Waals surface area contributed by atoms with E-state index in [-0.39, 0.29) is 22.1 Å². The Morgan fingerprint density at radius 1 is 1.12 bits per heavy atom. The van der Waals surface area contributed by atoms with E-state index in [1.165, 1.54) is 36.7 Å². The van der Waals surface area contributed by atoms with Crippen molar-refractivity contribution in [3.05, 3.63) is 101 Å². The van der Waals surface area contributed by atoms with E-state index in [1.807, 2.05) is 0 Å². The fourth-order valence-electron chi connectivity index (χ4n) is 3.32. The fourth-order valence-corrected chi connectivity index (χ4v) is 3.54. The molecule has 0 bridgehead atoms. The molecule has 0 fully saturated rings. The first-order chi connectivity index (χ1) is 17.7. The number of carbonyl (C=O) groups excluding carboxylic acids is 1. The first-order valence-electron chi connectivity index (χ1n) is 11.6. The average molecular weight is 477 g/mol. The number of hydrogen-bond acceptors (Lipinski definition) is 6. The summed E-state index contributed by atoms with van der Waals surface area (Å²) in [5, 5.41) is 3.96. The Kier molecular flexibility index (Phi) is 5.00. The summed E-state index contributed by atoms with van der Waals surface area (Å²) in [6.45, 7) is -2.31. The van der Waals surface area contributed by atoms with Gasteiger partial charge in [-0.05, 0) is 66.2 Å². The van der Waals surface area contributed by atoms with E-state index in [1.54, 1.807) is 36.4 Å². The van der Waals surface area contributed by atoms with Crippen LogP contribution in [0.15, 0.2) is 83.5 Å². The second-order valence-electron chi connectivity index (χ2n) is 7.20. The van der Waals surface area contributed by atoms with Crippen molar-refractivity contribution in [2.75, 3.05) is 5.32 Å². The Morgan fingerprint density at radius 2 is 2.03 bits per heavy atom. The third-order valence-corrected chi connectivity index (χ3v) is 5.22. The average Bonchev–Trinajstić information content (AvgIpc) is 3.37. The van der Waals surface area contributed by atoms with Crippen LogP contribution in [-0.4, -0.2) is 16.2 Å². The predicted molar refractivity (Wildman–Crippen MR) is 128 cm³/mol. The number of rotatable bonds is 7. The maximum Gasteiger partial charge on any atom is 0.185 e. The summed E-state index contributed by atoms with van der Waals surface area (Å²) < 4.78 is 48.1. The molecule has 0 unspecified atom stereocenters. The van der Waals surface area contributed by atoms with E-state index >= 15 is 0 Å². The molecule has 0 atom stereocenters. The summed E-state index contributed by atoms with van der Waals surface area (Å²) in [5.41, 5.74) is 1.89. The topological polar surface area (TPSA) is 77.2 Å². The molecule has 0 saturated carbocycles. The van der Waals surface area contributed by atoms with Gasteiger partial charge in [0.1, 0.15) is 37.4 Å². The second kappa shape index (κ2) is 9.33. The highest BCUT2D eigenvalue weighted by Crippen LogP contribution is 2.32. The number of nitrogens with one attached hydrogen (secondary N) is 1. The Bertz CT molecular complexity index is 1640. The molecule has 1 N–H and O–H groups in total. The molecule has 6 nitrogen and oxygen atoms in total. The molecule has 0 amide bonds. The highest BCUT2D eigenvalue weighted by molar-refractivity contribution is 6.32. The van der Waals surface area contributed by atoms with Crippen molar-refractivity contribution in [2.45, 2.75) is 6.56 Å². The van der Waals surface area contributed by atoms with Gasteiger partial charge >= 0.3 is 0 Å². The number of ether oxygens (including phenoxy) is 1. The molecule has 5 rings (SSSR count). The number of halogens is 2. The summed E-state index contributed by atoms with van der Waals surface area (Å²) in [5.74, 6) is 0.331. The van der Waals surface area contributed by atoms with E-state index in [2.05, 4.69) is 15.3 Å². The molecule has 0 radical (unpaired) electrons. The van der Waals surface area contributed by atoms with Crippen LogP contribution in [0.4, 0.5) is 15.9 Å². The molecule has 0 spiro atoms. The van der Waals surface area contributed by atoms with Crippen LogP contribution in [0.1, 0.15) is 20.2 Å². The van der Waals surface area contributed by atoms with E-state index < -0.39 is 18.6 Å². The number of carbonyl (C=O) groups is 1. The molecular formula is C26H17ClFN3O3. The van der Waals surface area contributed by atoms with Gasteiger partial charge in [-0.1, -0.05) is 23.7 Å². The number of hydrogen-bond donors (Lipinski definition) is 1. The highest BCUT2D eigenvalue weighted by atomic mass is 35.5. The number of fused-ring (bicyclic) bond motifs is 1. The zero-order chi connectivity index (χ0) is 26.2. The third-order valence-electron chi connectivity index (χ3n) is 4.92. The fraction of sp³-hybridized carbons (Fsp3) is 0.0385. The zero-order valence-electron chi connectivity index (χ0n) is 20.4. The van der Waals surface area contributed by atoms with Crippen LogP contribution < -0.4 is 10.1 Å². The maximum atomic E-state index is 13.5. The number of aldehydes is 1. The Hall–Kier alpha value is -4.23. The lowest BCUT2D eigenvalue weighted by molar-refractivity contribution is 0.110. The van der Waals surface area contributed by atoms with Crippen molar-refractivity contribution in [2.24, 2.45) is 0 Å². The summed E-state index contributed by atoms with van der Waals surface area (Å²) >= 11 is 6.38. The molecule has 0 aliphatic carbocycles. The van der Waals surface area contributed by atoms with Crippen molar-refractivity contribution in [3.8, 4) is 17.1 Å². The zero-order valence-corrected chi connectivity index (χ0v) is 18.1. The predicted octanol–water partition coefficient (Wildman–Crippen LogP) is 6.82. The van der Waals surface area contributed by atoms with Crippen LogP contribution in [0.5, 0.6) is 5.75 Å². The number of aromatic nitrogens is 2. The smallest absolute Gasteiger partial charge is 0.185 e. The van der Waals surface area contributed by atoms with Crippen molar-refractivity contribution in [1.29, 1.82) is 0 Å². The lowest BCUT2D eigenvalue weighted by atomic mass is 10.1. The summed E-state index contributed by atoms with van der Waals surface area (Å²) in [7, 11) is 0. The minimum absolute atomic E-state index is 0.0183. The quantitative estimate of drug-likeness (QED) is 0.260. The molecule has 0 aliphatic rings. The van der Waals surface area contributed by atoms with Gasteiger partial charge in [-0.15, -0.1) is 0 Å². The van der Waals surface area contributed by atoms with Gasteiger partial charge in [0.15, 0.2) is 12.0 Å². The number of nitrogens with zero attached hydrogens (tertiary/aromatic N) is 2. The van der Waals surface area contributed by atoms with Gasteiger partial charge in [0.25, 0.3) is 0 Å². The van der Waals surface area contributed by atoms with Crippen molar-refractivity contribution in [3.63, 3.8) is 0 Å². The Morgan fingerprint density at radius 3 is 2.82 bits per heavy atom. The highest BCUT2D eigenvalue weighted by Gasteiger charge is 2.11. The van der Waals surface area contributed by atoms with Gasteiger partial charge in [0.2, 0.25) is 0 Å². The van der Waals surface area contributed by atoms with Gasteiger partial charge in [-0.25, -0.2) is 14.4 Å². The molecule has 3 aromatic carbocycles. The van der Waals surface area contributed by atoms with Crippen molar-refractivity contribution >= 4 is 40.3 Å². The molecule has 168 valence electrons. The van der Waals surface area contributed by atoms with Crippen LogP contribution in [0.3, 0.4) is 0 Å². The number of furan rings is 1. The number of benzene rings is 3. The molecule has 2 aromatic heterocycles. The molecule has 5 aromatic rings. The monoisotopic (exact) mass is 476 g/mol. The lowest BCUT2D eigenvalue weighted by Crippen LogP contribution is -1.98. The largest absolute Gasteiger partial charge is 0.487 e. The van der Waals surface area contributed by atoms with Gasteiger partial charge < -0.3 is 14.5 Å². The van der Waals surface area contributed by atoms with Crippen LogP contribution >= 0.6 is 11.6 Å². The molecule has 0 aliphatic heterocycles. The van der Waals surface area contributed by atoms with Crippen molar-refractivity contribution < 1.29 is 22.5 Å². The van der Waals surface area contributed by atoms with Crippen LogP contribution in [0.25, 0.3) is 22.2 Å². The van der Waals surface area contributed by atoms with Crippen LogP contribution in [-0.2, 0) is 6.56 Å². The molecular weight excluding hydrogens is 457 g/mol. The maximum absolute atomic E-state index is 13.5. The van der Waals surface area contributed by atoms with E-state index in [0.717, 1.165) is 6.07 Å². The standard InChI is InChI=1S/C26H17ClFN3O3/c27-22-12-19(5-8-25(22)33-14-16-2-1-3-18(28)10-16)31-26-21-11-17(4-7-23(21)29-15-30-26)24-9-6-20(13-32)34-24/h1-13,15H,14H2,(H,29,30,31)/i13D,14D2. The van der Waals surface area contributed by atoms with Gasteiger partial charge in [0.05, 0.1) is 13.3 Å². The Labute approximate surface area is 203 Å². The summed E-state index contributed by atoms with van der Waals surface area (Å²) in [6, 6.07) is 18.2. The second-order valence-corrected chi connectivity index (χ2v) is 7.61. The number of anilines is 2. The molecule has 2 heterocycles. The summed E-state index contributed by atoms with van der Waals surface area (Å²) in [6.07, 6.45) is 0.492. The van der Waals surface area contributed by atoms with Gasteiger partial charge in [-0.3, -0.25) is 4.79 Å². The van der Waals surface area contributed by atoms with Crippen molar-refractivity contribution in [1.82, 2.24) is 9.97 Å². The molecule has 34 heavy (non-hydrogen) atoms. The first kappa shape index (κ1) is 18.2. The summed E-state index contributed by atoms with van der Waals surface area (Å²) in [4.78, 5) is 19.9. The molecule has 0 saturated heterocycles. The van der Waals surface area contributed by atoms with Crippen LogP contribution in [0, 0.1) is 5.82 Å². The van der Waals surface area contributed by atoms with E-state index in [9.17, 15) is 9.18 Å². The first-order valence-corrected chi connectivity index (χ1v) is 10.4. The SMILES string of the molecule is [2H]C(=O)c1ccc(-c2ccc3ncnc(Nc4ccc(OC([2H])([2H])c5cccc(F)c5)c(Cl)c4)c3c2)o1. The molecule has 8 heteroatoms. The normalized spacial score (nSPS) is 12.6. The lowest BCUT2D eigenvalue weighted by Gasteiger charge is -2.12. The minimum Gasteiger partial charge on any atom is -0.487 e. The van der Waals surface area contributed by atoms with Crippen LogP contribution in [0.2, 0.25) is 5.02 Å². The van der Waals surface area contributed by atoms with Gasteiger partial charge in [-0.2, -0.15) is 0 Å².